The standard InChI is InChI=1S/C12H14ClN3O/c1-17-9-2-3-16-10(5-9)12(13)15-11(16)4-8-6-14-7-8/h2-3,5,8,14H,4,6-7H2,1H3. The van der Waals surface area contributed by atoms with Crippen molar-refractivity contribution in [3.8, 4) is 5.75 Å². The van der Waals surface area contributed by atoms with E-state index in [1.54, 1.807) is 7.11 Å². The van der Waals surface area contributed by atoms with Crippen molar-refractivity contribution in [2.45, 2.75) is 6.42 Å². The van der Waals surface area contributed by atoms with Gasteiger partial charge in [-0.2, -0.15) is 0 Å². The van der Waals surface area contributed by atoms with E-state index in [0.717, 1.165) is 36.6 Å². The molecule has 1 N–H and O–H groups in total. The molecular weight excluding hydrogens is 238 g/mol. The van der Waals surface area contributed by atoms with Crippen LogP contribution >= 0.6 is 11.6 Å². The molecule has 2 aromatic heterocycles. The van der Waals surface area contributed by atoms with Gasteiger partial charge in [0.2, 0.25) is 0 Å². The summed E-state index contributed by atoms with van der Waals surface area (Å²) in [5.74, 6) is 2.51. The van der Waals surface area contributed by atoms with Gasteiger partial charge in [-0.3, -0.25) is 0 Å². The summed E-state index contributed by atoms with van der Waals surface area (Å²) < 4.78 is 7.24. The van der Waals surface area contributed by atoms with E-state index in [9.17, 15) is 0 Å². The van der Waals surface area contributed by atoms with Crippen LogP contribution in [0.3, 0.4) is 0 Å². The van der Waals surface area contributed by atoms with Crippen molar-refractivity contribution in [1.82, 2.24) is 14.7 Å². The zero-order valence-corrected chi connectivity index (χ0v) is 10.4. The molecule has 1 fully saturated rings. The van der Waals surface area contributed by atoms with Crippen molar-refractivity contribution in [2.75, 3.05) is 20.2 Å². The lowest BCUT2D eigenvalue weighted by molar-refractivity contribution is 0.340. The van der Waals surface area contributed by atoms with Crippen molar-refractivity contribution in [2.24, 2.45) is 5.92 Å². The van der Waals surface area contributed by atoms with Crippen LogP contribution < -0.4 is 10.1 Å². The third-order valence-corrected chi connectivity index (χ3v) is 3.49. The van der Waals surface area contributed by atoms with Gasteiger partial charge >= 0.3 is 0 Å². The summed E-state index contributed by atoms with van der Waals surface area (Å²) in [5.41, 5.74) is 0.910. The summed E-state index contributed by atoms with van der Waals surface area (Å²) in [6.45, 7) is 2.14. The molecule has 0 unspecified atom stereocenters. The van der Waals surface area contributed by atoms with E-state index >= 15 is 0 Å². The molecule has 90 valence electrons. The van der Waals surface area contributed by atoms with Gasteiger partial charge in [-0.15, -0.1) is 0 Å². The van der Waals surface area contributed by atoms with Gasteiger partial charge in [0, 0.05) is 18.7 Å². The Hall–Kier alpha value is -1.26. The molecule has 0 aromatic carbocycles. The normalized spacial score (nSPS) is 16.1. The van der Waals surface area contributed by atoms with Crippen molar-refractivity contribution >= 4 is 17.1 Å². The van der Waals surface area contributed by atoms with Gasteiger partial charge in [-0.25, -0.2) is 4.98 Å². The van der Waals surface area contributed by atoms with Crippen LogP contribution in [0.25, 0.3) is 5.52 Å². The number of hydrogen-bond acceptors (Lipinski definition) is 3. The van der Waals surface area contributed by atoms with Crippen molar-refractivity contribution in [3.05, 3.63) is 29.3 Å². The minimum Gasteiger partial charge on any atom is -0.497 e. The lowest BCUT2D eigenvalue weighted by Crippen LogP contribution is -2.43. The Balaban J connectivity index is 2.01. The first-order valence-electron chi connectivity index (χ1n) is 5.69. The van der Waals surface area contributed by atoms with Gasteiger partial charge in [0.05, 0.1) is 12.6 Å². The second kappa shape index (κ2) is 4.20. The van der Waals surface area contributed by atoms with Crippen LogP contribution in [0.1, 0.15) is 5.82 Å². The molecule has 3 heterocycles. The quantitative estimate of drug-likeness (QED) is 0.904. The smallest absolute Gasteiger partial charge is 0.155 e. The average Bonchev–Trinajstić information content (AvgIpc) is 2.60. The highest BCUT2D eigenvalue weighted by Gasteiger charge is 2.20. The van der Waals surface area contributed by atoms with E-state index < -0.39 is 0 Å². The summed E-state index contributed by atoms with van der Waals surface area (Å²) >= 11 is 6.15. The Kier molecular flexibility index (Phi) is 2.68. The molecule has 3 rings (SSSR count). The molecule has 5 heteroatoms. The number of hydrogen-bond donors (Lipinski definition) is 1. The fourth-order valence-electron chi connectivity index (χ4n) is 2.11. The molecule has 2 aromatic rings. The highest BCUT2D eigenvalue weighted by molar-refractivity contribution is 6.32. The molecule has 17 heavy (non-hydrogen) atoms. The molecule has 0 radical (unpaired) electrons. The highest BCUT2D eigenvalue weighted by Crippen LogP contribution is 2.24. The average molecular weight is 252 g/mol. The molecule has 0 spiro atoms. The fourth-order valence-corrected chi connectivity index (χ4v) is 2.35. The predicted molar refractivity (Wildman–Crippen MR) is 66.8 cm³/mol. The Morgan fingerprint density at radius 2 is 2.41 bits per heavy atom. The van der Waals surface area contributed by atoms with E-state index in [2.05, 4.69) is 10.3 Å². The summed E-state index contributed by atoms with van der Waals surface area (Å²) in [5, 5.41) is 3.81. The number of fused-ring (bicyclic) bond motifs is 1. The zero-order valence-electron chi connectivity index (χ0n) is 9.61. The van der Waals surface area contributed by atoms with Crippen LogP contribution in [0.15, 0.2) is 18.3 Å². The zero-order chi connectivity index (χ0) is 11.8. The first kappa shape index (κ1) is 10.9. The maximum atomic E-state index is 6.15. The Morgan fingerprint density at radius 1 is 1.59 bits per heavy atom. The van der Waals surface area contributed by atoms with Crippen LogP contribution in [-0.2, 0) is 6.42 Å². The number of pyridine rings is 1. The number of methoxy groups -OCH3 is 1. The minimum absolute atomic E-state index is 0.547. The van der Waals surface area contributed by atoms with E-state index in [4.69, 9.17) is 16.3 Å². The fraction of sp³-hybridized carbons (Fsp3) is 0.417. The summed E-state index contributed by atoms with van der Waals surface area (Å²) in [7, 11) is 1.65. The van der Waals surface area contributed by atoms with Gasteiger partial charge in [-0.1, -0.05) is 11.6 Å². The van der Waals surface area contributed by atoms with Crippen LogP contribution in [0.5, 0.6) is 5.75 Å². The monoisotopic (exact) mass is 251 g/mol. The first-order chi connectivity index (χ1) is 8.28. The molecular formula is C12H14ClN3O. The van der Waals surface area contributed by atoms with E-state index in [0.29, 0.717) is 11.1 Å². The second-order valence-corrected chi connectivity index (χ2v) is 4.73. The Morgan fingerprint density at radius 3 is 3.06 bits per heavy atom. The topological polar surface area (TPSA) is 38.6 Å². The predicted octanol–water partition coefficient (Wildman–Crippen LogP) is 1.76. The SMILES string of the molecule is COc1ccn2c(CC3CNC3)nc(Cl)c2c1. The lowest BCUT2D eigenvalue weighted by atomic mass is 9.99. The Bertz CT molecular complexity index is 548. The second-order valence-electron chi connectivity index (χ2n) is 4.37. The maximum Gasteiger partial charge on any atom is 0.155 e. The van der Waals surface area contributed by atoms with Crippen LogP contribution in [0.4, 0.5) is 0 Å². The van der Waals surface area contributed by atoms with Crippen LogP contribution in [0.2, 0.25) is 5.15 Å². The van der Waals surface area contributed by atoms with E-state index in [1.807, 2.05) is 22.7 Å². The van der Waals surface area contributed by atoms with E-state index in [-0.39, 0.29) is 0 Å². The molecule has 1 aliphatic heterocycles. The third-order valence-electron chi connectivity index (χ3n) is 3.22. The molecule has 1 saturated heterocycles. The largest absolute Gasteiger partial charge is 0.497 e. The van der Waals surface area contributed by atoms with Crippen molar-refractivity contribution in [1.29, 1.82) is 0 Å². The maximum absolute atomic E-state index is 6.15. The van der Waals surface area contributed by atoms with Gasteiger partial charge in [0.15, 0.2) is 5.15 Å². The van der Waals surface area contributed by atoms with Gasteiger partial charge in [0.1, 0.15) is 11.6 Å². The number of nitrogens with zero attached hydrogens (tertiary/aromatic N) is 2. The Labute approximate surface area is 105 Å². The van der Waals surface area contributed by atoms with Crippen molar-refractivity contribution in [3.63, 3.8) is 0 Å². The minimum atomic E-state index is 0.547. The molecule has 1 aliphatic rings. The molecule has 0 amide bonds. The number of nitrogens with one attached hydrogen (secondary N) is 1. The number of halogens is 1. The first-order valence-corrected chi connectivity index (χ1v) is 6.07. The van der Waals surface area contributed by atoms with Crippen molar-refractivity contribution < 1.29 is 4.74 Å². The summed E-state index contributed by atoms with van der Waals surface area (Å²) in [4.78, 5) is 4.43. The third kappa shape index (κ3) is 1.87. The molecule has 4 nitrogen and oxygen atoms in total. The molecule has 0 aliphatic carbocycles. The van der Waals surface area contributed by atoms with Gasteiger partial charge < -0.3 is 14.5 Å². The highest BCUT2D eigenvalue weighted by atomic mass is 35.5. The molecule has 0 bridgehead atoms. The number of ether oxygens (including phenoxy) is 1. The van der Waals surface area contributed by atoms with Gasteiger partial charge in [0.25, 0.3) is 0 Å². The summed E-state index contributed by atoms with van der Waals surface area (Å²) in [6, 6.07) is 3.84. The number of imidazole rings is 1. The molecule has 0 saturated carbocycles. The number of aromatic nitrogens is 2. The summed E-state index contributed by atoms with van der Waals surface area (Å²) in [6.07, 6.45) is 2.93. The molecule has 0 atom stereocenters. The van der Waals surface area contributed by atoms with Crippen LogP contribution in [0, 0.1) is 5.92 Å². The van der Waals surface area contributed by atoms with Gasteiger partial charge in [-0.05, 0) is 25.1 Å². The van der Waals surface area contributed by atoms with E-state index in [1.165, 1.54) is 0 Å². The lowest BCUT2D eigenvalue weighted by Gasteiger charge is -2.26. The number of rotatable bonds is 3. The van der Waals surface area contributed by atoms with Crippen LogP contribution in [-0.4, -0.2) is 29.6 Å².